The van der Waals surface area contributed by atoms with Gasteiger partial charge in [-0.05, 0) is 25.0 Å². The van der Waals surface area contributed by atoms with Crippen molar-refractivity contribution >= 4 is 28.6 Å². The molecule has 4 heteroatoms. The molecule has 1 aromatic carbocycles. The summed E-state index contributed by atoms with van der Waals surface area (Å²) in [7, 11) is 0. The van der Waals surface area contributed by atoms with Crippen LogP contribution in [0, 0.1) is 0 Å². The van der Waals surface area contributed by atoms with Gasteiger partial charge in [-0.15, -0.1) is 11.8 Å². The van der Waals surface area contributed by atoms with Crippen molar-refractivity contribution in [3.05, 3.63) is 30.0 Å². The van der Waals surface area contributed by atoms with Gasteiger partial charge >= 0.3 is 0 Å². The fraction of sp³-hybridized carbons (Fsp3) is 0.500. The highest BCUT2D eigenvalue weighted by atomic mass is 32.2. The number of nitrogens with one attached hydrogen (secondary N) is 1. The molecule has 2 aromatic rings. The summed E-state index contributed by atoms with van der Waals surface area (Å²) in [5.74, 6) is 1.16. The molecule has 0 spiro atoms. The smallest absolute Gasteiger partial charge is 0.268 e. The van der Waals surface area contributed by atoms with Gasteiger partial charge < -0.3 is 9.88 Å². The van der Waals surface area contributed by atoms with Crippen molar-refractivity contribution < 1.29 is 4.79 Å². The molecule has 1 aliphatic carbocycles. The molecule has 116 valence electrons. The van der Waals surface area contributed by atoms with E-state index in [9.17, 15) is 4.79 Å². The van der Waals surface area contributed by atoms with Crippen LogP contribution in [0.15, 0.2) is 29.2 Å². The summed E-state index contributed by atoms with van der Waals surface area (Å²) in [6.07, 6.45) is 7.38. The number of aryl methyl sites for hydroxylation is 1. The van der Waals surface area contributed by atoms with Gasteiger partial charge in [0, 0.05) is 28.6 Å². The molecule has 1 aliphatic heterocycles. The van der Waals surface area contributed by atoms with E-state index in [1.54, 1.807) is 0 Å². The van der Waals surface area contributed by atoms with E-state index in [1.165, 1.54) is 41.5 Å². The zero-order valence-corrected chi connectivity index (χ0v) is 13.6. The zero-order valence-electron chi connectivity index (χ0n) is 12.8. The minimum Gasteiger partial charge on any atom is -0.348 e. The molecule has 1 saturated carbocycles. The first-order valence-corrected chi connectivity index (χ1v) is 9.37. The molecule has 0 unspecified atom stereocenters. The summed E-state index contributed by atoms with van der Waals surface area (Å²) >= 11 is 1.89. The Kier molecular flexibility index (Phi) is 3.87. The standard InChI is InChI=1S/C18H22N2OS/c21-18(19-14-7-3-1-2-4-8-14)15-12-13-6-5-9-16-17(13)20(15)10-11-22-16/h5-6,9,12,14H,1-4,7-8,10-11H2,(H,19,21). The van der Waals surface area contributed by atoms with Crippen LogP contribution in [0.5, 0.6) is 0 Å². The number of nitrogens with zero attached hydrogens (tertiary/aromatic N) is 1. The summed E-state index contributed by atoms with van der Waals surface area (Å²) in [6.45, 7) is 0.929. The summed E-state index contributed by atoms with van der Waals surface area (Å²) in [5.41, 5.74) is 2.08. The van der Waals surface area contributed by atoms with E-state index in [4.69, 9.17) is 0 Å². The molecule has 1 N–H and O–H groups in total. The highest BCUT2D eigenvalue weighted by Crippen LogP contribution is 2.34. The lowest BCUT2D eigenvalue weighted by molar-refractivity contribution is 0.0924. The Morgan fingerprint density at radius 2 is 2.00 bits per heavy atom. The monoisotopic (exact) mass is 314 g/mol. The van der Waals surface area contributed by atoms with Crippen molar-refractivity contribution in [1.82, 2.24) is 9.88 Å². The number of carbonyl (C=O) groups is 1. The number of aromatic nitrogens is 1. The van der Waals surface area contributed by atoms with E-state index < -0.39 is 0 Å². The van der Waals surface area contributed by atoms with Gasteiger partial charge in [0.15, 0.2) is 0 Å². The highest BCUT2D eigenvalue weighted by Gasteiger charge is 2.22. The van der Waals surface area contributed by atoms with Gasteiger partial charge in [-0.2, -0.15) is 0 Å². The lowest BCUT2D eigenvalue weighted by Crippen LogP contribution is -2.35. The van der Waals surface area contributed by atoms with Crippen LogP contribution in [0.2, 0.25) is 0 Å². The SMILES string of the molecule is O=C(NC1CCCCCC1)c1cc2cccc3c2n1CCS3. The Hall–Kier alpha value is -1.42. The highest BCUT2D eigenvalue weighted by molar-refractivity contribution is 7.99. The van der Waals surface area contributed by atoms with Crippen LogP contribution in [-0.4, -0.2) is 22.3 Å². The minimum absolute atomic E-state index is 0.112. The molecule has 0 atom stereocenters. The number of rotatable bonds is 2. The topological polar surface area (TPSA) is 34.0 Å². The maximum atomic E-state index is 12.8. The van der Waals surface area contributed by atoms with Gasteiger partial charge in [0.2, 0.25) is 0 Å². The van der Waals surface area contributed by atoms with Gasteiger partial charge in [0.25, 0.3) is 5.91 Å². The van der Waals surface area contributed by atoms with Crippen LogP contribution in [0.25, 0.3) is 10.9 Å². The number of hydrogen-bond acceptors (Lipinski definition) is 2. The third kappa shape index (κ3) is 2.54. The van der Waals surface area contributed by atoms with Crippen LogP contribution in [0.1, 0.15) is 49.0 Å². The summed E-state index contributed by atoms with van der Waals surface area (Å²) < 4.78 is 2.22. The Morgan fingerprint density at radius 1 is 1.18 bits per heavy atom. The van der Waals surface area contributed by atoms with Crippen LogP contribution in [0.4, 0.5) is 0 Å². The third-order valence-corrected chi connectivity index (χ3v) is 5.91. The Labute approximate surface area is 135 Å². The number of para-hydroxylation sites is 1. The van der Waals surface area contributed by atoms with Crippen LogP contribution in [-0.2, 0) is 6.54 Å². The lowest BCUT2D eigenvalue weighted by atomic mass is 10.1. The fourth-order valence-corrected chi connectivity index (χ4v) is 4.79. The van der Waals surface area contributed by atoms with E-state index in [0.717, 1.165) is 30.8 Å². The molecular formula is C18H22N2OS. The number of benzene rings is 1. The summed E-state index contributed by atoms with van der Waals surface area (Å²) in [5, 5.41) is 4.48. The van der Waals surface area contributed by atoms with Gasteiger partial charge in [0.05, 0.1) is 5.52 Å². The Bertz CT molecular complexity index is 698. The van der Waals surface area contributed by atoms with Crippen molar-refractivity contribution in [3.63, 3.8) is 0 Å². The first kappa shape index (κ1) is 14.2. The average Bonchev–Trinajstić information content (AvgIpc) is 2.74. The molecule has 2 aliphatic rings. The average molecular weight is 314 g/mol. The second kappa shape index (κ2) is 5.99. The van der Waals surface area contributed by atoms with Crippen molar-refractivity contribution in [3.8, 4) is 0 Å². The largest absolute Gasteiger partial charge is 0.348 e. The molecule has 4 rings (SSSR count). The Morgan fingerprint density at radius 3 is 2.82 bits per heavy atom. The van der Waals surface area contributed by atoms with E-state index in [-0.39, 0.29) is 5.91 Å². The molecule has 0 bridgehead atoms. The second-order valence-electron chi connectivity index (χ2n) is 6.39. The second-order valence-corrected chi connectivity index (χ2v) is 7.52. The molecule has 0 radical (unpaired) electrons. The maximum absolute atomic E-state index is 12.8. The number of amides is 1. The fourth-order valence-electron chi connectivity index (χ4n) is 3.76. The van der Waals surface area contributed by atoms with E-state index in [2.05, 4.69) is 34.1 Å². The molecule has 1 aromatic heterocycles. The molecule has 2 heterocycles. The normalized spacial score (nSPS) is 19.1. The van der Waals surface area contributed by atoms with Crippen molar-refractivity contribution in [2.75, 3.05) is 5.75 Å². The van der Waals surface area contributed by atoms with E-state index in [1.807, 2.05) is 11.8 Å². The van der Waals surface area contributed by atoms with Gasteiger partial charge in [0.1, 0.15) is 5.69 Å². The zero-order chi connectivity index (χ0) is 14.9. The van der Waals surface area contributed by atoms with E-state index in [0.29, 0.717) is 6.04 Å². The quantitative estimate of drug-likeness (QED) is 0.843. The molecule has 0 saturated heterocycles. The number of hydrogen-bond donors (Lipinski definition) is 1. The van der Waals surface area contributed by atoms with E-state index >= 15 is 0 Å². The number of thioether (sulfide) groups is 1. The minimum atomic E-state index is 0.112. The van der Waals surface area contributed by atoms with Gasteiger partial charge in [-0.3, -0.25) is 4.79 Å². The lowest BCUT2D eigenvalue weighted by Gasteiger charge is -2.19. The molecule has 1 amide bonds. The van der Waals surface area contributed by atoms with Crippen LogP contribution >= 0.6 is 11.8 Å². The first-order valence-electron chi connectivity index (χ1n) is 8.39. The van der Waals surface area contributed by atoms with Crippen molar-refractivity contribution in [1.29, 1.82) is 0 Å². The van der Waals surface area contributed by atoms with Crippen LogP contribution < -0.4 is 5.32 Å². The summed E-state index contributed by atoms with van der Waals surface area (Å²) in [4.78, 5) is 14.1. The van der Waals surface area contributed by atoms with Gasteiger partial charge in [-0.25, -0.2) is 0 Å². The molecule has 22 heavy (non-hydrogen) atoms. The molecule has 3 nitrogen and oxygen atoms in total. The van der Waals surface area contributed by atoms with Crippen molar-refractivity contribution in [2.45, 2.75) is 56.0 Å². The summed E-state index contributed by atoms with van der Waals surface area (Å²) in [6, 6.07) is 8.79. The maximum Gasteiger partial charge on any atom is 0.268 e. The van der Waals surface area contributed by atoms with Crippen molar-refractivity contribution in [2.24, 2.45) is 0 Å². The molecule has 1 fully saturated rings. The predicted molar refractivity (Wildman–Crippen MR) is 91.6 cm³/mol. The Balaban J connectivity index is 1.63. The number of carbonyl (C=O) groups excluding carboxylic acids is 1. The first-order chi connectivity index (χ1) is 10.8. The predicted octanol–water partition coefficient (Wildman–Crippen LogP) is 4.20. The molecular weight excluding hydrogens is 292 g/mol. The van der Waals surface area contributed by atoms with Crippen LogP contribution in [0.3, 0.4) is 0 Å². The third-order valence-electron chi connectivity index (χ3n) is 4.88. The van der Waals surface area contributed by atoms with Gasteiger partial charge in [-0.1, -0.05) is 37.8 Å².